The van der Waals surface area contributed by atoms with E-state index in [2.05, 4.69) is 6.92 Å². The van der Waals surface area contributed by atoms with Crippen molar-refractivity contribution in [1.29, 1.82) is 0 Å². The summed E-state index contributed by atoms with van der Waals surface area (Å²) in [5, 5.41) is 46.8. The van der Waals surface area contributed by atoms with Crippen molar-refractivity contribution in [3.63, 3.8) is 0 Å². The Morgan fingerprint density at radius 1 is 0.872 bits per heavy atom. The molecule has 1 rings (SSSR count). The second-order valence-corrected chi connectivity index (χ2v) is 9.64. The van der Waals surface area contributed by atoms with E-state index >= 15 is 0 Å². The minimum absolute atomic E-state index is 0.319. The number of carboxylic acids is 5. The molecule has 0 amide bonds. The number of carbonyl (C=O) groups is 6. The van der Waals surface area contributed by atoms with E-state index in [1.165, 1.54) is 31.8 Å². The highest BCUT2D eigenvalue weighted by atomic mass is 16.6. The Bertz CT molecular complexity index is 912. The number of hydrogen-bond acceptors (Lipinski definition) is 8. The van der Waals surface area contributed by atoms with E-state index in [0.29, 0.717) is 6.42 Å². The number of aliphatic carboxylic acids is 5. The fraction of sp³-hybridized carbons (Fsp3) is 0.692. The van der Waals surface area contributed by atoms with Gasteiger partial charge >= 0.3 is 35.8 Å². The molecule has 1 aliphatic heterocycles. The molecule has 0 aromatic carbocycles. The maximum Gasteiger partial charge on any atom is 0.345 e. The van der Waals surface area contributed by atoms with Gasteiger partial charge < -0.3 is 35.0 Å². The summed E-state index contributed by atoms with van der Waals surface area (Å²) < 4.78 is 10.4. The average molecular weight is 559 g/mol. The predicted molar refractivity (Wildman–Crippen MR) is 133 cm³/mol. The molecule has 5 N–H and O–H groups in total. The van der Waals surface area contributed by atoms with E-state index in [4.69, 9.17) is 14.6 Å². The van der Waals surface area contributed by atoms with Gasteiger partial charge in [-0.25, -0.2) is 9.59 Å². The van der Waals surface area contributed by atoms with Crippen molar-refractivity contribution in [2.24, 2.45) is 11.8 Å². The molecule has 5 atom stereocenters. The summed E-state index contributed by atoms with van der Waals surface area (Å²) >= 11 is 0. The molecule has 0 aromatic heterocycles. The maximum absolute atomic E-state index is 13.1. The molecule has 1 aliphatic rings. The molecule has 0 bridgehead atoms. The minimum Gasteiger partial charge on any atom is -0.481 e. The number of hydrogen-bond donors (Lipinski definition) is 5. The zero-order valence-electron chi connectivity index (χ0n) is 22.0. The molecule has 1 heterocycles. The van der Waals surface area contributed by atoms with Crippen molar-refractivity contribution in [1.82, 2.24) is 0 Å². The highest BCUT2D eigenvalue weighted by Gasteiger charge is 2.60. The summed E-state index contributed by atoms with van der Waals surface area (Å²) in [6.45, 7) is 2.15. The summed E-state index contributed by atoms with van der Waals surface area (Å²) in [6, 6.07) is 0. The van der Waals surface area contributed by atoms with Crippen LogP contribution in [0.25, 0.3) is 0 Å². The standard InChI is InChI=1S/C26H38O13/c1-2-3-4-5-6-7-8-9-10-11-12-16-13-18(23(33)34)26(39-16,15-20(29)30)25(37)38-21(24(35)36)17(22(31)32)14-19(27)28/h11-12,16-18,21H,2-10,13-15H2,1H3,(H,27,28)(H,29,30)(H,31,32)(H,33,34)(H,35,36)/b12-11+. The van der Waals surface area contributed by atoms with Crippen molar-refractivity contribution in [3.8, 4) is 0 Å². The molecule has 0 spiro atoms. The number of carbonyl (C=O) groups excluding carboxylic acids is 1. The topological polar surface area (TPSA) is 222 Å². The van der Waals surface area contributed by atoms with Gasteiger partial charge in [-0.1, -0.05) is 64.0 Å². The molecule has 0 aromatic rings. The van der Waals surface area contributed by atoms with Crippen LogP contribution in [0.4, 0.5) is 0 Å². The summed E-state index contributed by atoms with van der Waals surface area (Å²) in [6.07, 6.45) is 6.46. The number of carboxylic acid groups (broad SMARTS) is 5. The first-order valence-corrected chi connectivity index (χ1v) is 13.0. The van der Waals surface area contributed by atoms with Crippen LogP contribution in [-0.4, -0.2) is 79.2 Å². The van der Waals surface area contributed by atoms with Crippen molar-refractivity contribution >= 4 is 35.8 Å². The van der Waals surface area contributed by atoms with Crippen molar-refractivity contribution < 1.29 is 63.8 Å². The molecule has 0 saturated carbocycles. The first kappa shape index (κ1) is 33.5. The van der Waals surface area contributed by atoms with Crippen molar-refractivity contribution in [3.05, 3.63) is 12.2 Å². The highest BCUT2D eigenvalue weighted by Crippen LogP contribution is 2.41. The van der Waals surface area contributed by atoms with E-state index in [1.54, 1.807) is 6.08 Å². The van der Waals surface area contributed by atoms with E-state index in [1.807, 2.05) is 0 Å². The molecule has 1 fully saturated rings. The Morgan fingerprint density at radius 2 is 1.46 bits per heavy atom. The van der Waals surface area contributed by atoms with Crippen LogP contribution in [0, 0.1) is 11.8 Å². The maximum atomic E-state index is 13.1. The molecule has 1 saturated heterocycles. The Labute approximate surface area is 225 Å². The van der Waals surface area contributed by atoms with Gasteiger partial charge in [-0.3, -0.25) is 19.2 Å². The number of unbranched alkanes of at least 4 members (excludes halogenated alkanes) is 8. The summed E-state index contributed by atoms with van der Waals surface area (Å²) in [5.41, 5.74) is -2.66. The van der Waals surface area contributed by atoms with Crippen LogP contribution in [0.5, 0.6) is 0 Å². The van der Waals surface area contributed by atoms with E-state index in [-0.39, 0.29) is 6.42 Å². The molecular weight excluding hydrogens is 520 g/mol. The van der Waals surface area contributed by atoms with Gasteiger partial charge in [0, 0.05) is 0 Å². The Morgan fingerprint density at radius 3 is 1.95 bits per heavy atom. The van der Waals surface area contributed by atoms with Crippen molar-refractivity contribution in [2.75, 3.05) is 0 Å². The van der Waals surface area contributed by atoms with Gasteiger partial charge in [0.15, 0.2) is 5.60 Å². The van der Waals surface area contributed by atoms with Crippen LogP contribution in [0.2, 0.25) is 0 Å². The van der Waals surface area contributed by atoms with Crippen LogP contribution in [0.15, 0.2) is 12.2 Å². The fourth-order valence-corrected chi connectivity index (χ4v) is 4.57. The van der Waals surface area contributed by atoms with Crippen molar-refractivity contribution in [2.45, 2.75) is 102 Å². The zero-order valence-corrected chi connectivity index (χ0v) is 22.0. The van der Waals surface area contributed by atoms with Gasteiger partial charge in [0.05, 0.1) is 24.9 Å². The lowest BCUT2D eigenvalue weighted by Gasteiger charge is -2.31. The largest absolute Gasteiger partial charge is 0.481 e. The Balaban J connectivity index is 3.02. The third-order valence-corrected chi connectivity index (χ3v) is 6.58. The first-order valence-electron chi connectivity index (χ1n) is 13.0. The van der Waals surface area contributed by atoms with Gasteiger partial charge in [0.1, 0.15) is 5.92 Å². The van der Waals surface area contributed by atoms with E-state index in [0.717, 1.165) is 25.7 Å². The third kappa shape index (κ3) is 10.7. The zero-order chi connectivity index (χ0) is 29.6. The second-order valence-electron chi connectivity index (χ2n) is 9.64. The quantitative estimate of drug-likeness (QED) is 0.0824. The SMILES string of the molecule is CCCCCCCCCC/C=C/C1CC(C(=O)O)C(CC(=O)O)(C(=O)OC(C(=O)O)C(CC(=O)O)C(=O)O)O1. The van der Waals surface area contributed by atoms with E-state index < -0.39 is 78.3 Å². The van der Waals surface area contributed by atoms with Crippen LogP contribution in [0.1, 0.15) is 84.0 Å². The minimum atomic E-state index is -2.66. The predicted octanol–water partition coefficient (Wildman–Crippen LogP) is 2.95. The first-order chi connectivity index (χ1) is 18.3. The average Bonchev–Trinajstić information content (AvgIpc) is 3.20. The fourth-order valence-electron chi connectivity index (χ4n) is 4.57. The van der Waals surface area contributed by atoms with E-state index in [9.17, 15) is 49.2 Å². The lowest BCUT2D eigenvalue weighted by atomic mass is 9.83. The van der Waals surface area contributed by atoms with Gasteiger partial charge in [0.2, 0.25) is 6.10 Å². The number of ether oxygens (including phenoxy) is 2. The Kier molecular flexibility index (Phi) is 14.2. The van der Waals surface area contributed by atoms with Crippen LogP contribution >= 0.6 is 0 Å². The summed E-state index contributed by atoms with van der Waals surface area (Å²) in [4.78, 5) is 70.9. The molecule has 0 radical (unpaired) electrons. The molecule has 13 heteroatoms. The van der Waals surface area contributed by atoms with Gasteiger partial charge in [-0.2, -0.15) is 0 Å². The molecule has 5 unspecified atom stereocenters. The molecule has 0 aliphatic carbocycles. The molecule has 13 nitrogen and oxygen atoms in total. The monoisotopic (exact) mass is 558 g/mol. The normalized spacial score (nSPS) is 22.3. The van der Waals surface area contributed by atoms with Gasteiger partial charge in [0.25, 0.3) is 0 Å². The number of rotatable bonds is 20. The molecular formula is C26H38O13. The molecule has 39 heavy (non-hydrogen) atoms. The smallest absolute Gasteiger partial charge is 0.345 e. The summed E-state index contributed by atoms with van der Waals surface area (Å²) in [5.74, 6) is -14.5. The number of esters is 1. The van der Waals surface area contributed by atoms with Crippen LogP contribution in [-0.2, 0) is 38.2 Å². The molecule has 220 valence electrons. The summed E-state index contributed by atoms with van der Waals surface area (Å²) in [7, 11) is 0. The lowest BCUT2D eigenvalue weighted by molar-refractivity contribution is -0.195. The lowest BCUT2D eigenvalue weighted by Crippen LogP contribution is -2.53. The van der Waals surface area contributed by atoms with Gasteiger partial charge in [-0.15, -0.1) is 0 Å². The highest BCUT2D eigenvalue weighted by molar-refractivity contribution is 5.94. The number of allylic oxidation sites excluding steroid dienone is 1. The second kappa shape index (κ2) is 16.5. The third-order valence-electron chi connectivity index (χ3n) is 6.58. The Hall–Kier alpha value is -3.48. The van der Waals surface area contributed by atoms with Gasteiger partial charge in [-0.05, 0) is 19.3 Å². The van der Waals surface area contributed by atoms with Crippen LogP contribution in [0.3, 0.4) is 0 Å². The van der Waals surface area contributed by atoms with Crippen LogP contribution < -0.4 is 0 Å².